The van der Waals surface area contributed by atoms with E-state index in [4.69, 9.17) is 10.6 Å². The molecule has 1 rings (SSSR count). The van der Waals surface area contributed by atoms with Crippen molar-refractivity contribution < 1.29 is 4.74 Å². The second-order valence-corrected chi connectivity index (χ2v) is 4.61. The van der Waals surface area contributed by atoms with E-state index >= 15 is 0 Å². The SMILES string of the molecule is CCCOc1cncc(C(CCN(C)C)NN)c1. The summed E-state index contributed by atoms with van der Waals surface area (Å²) >= 11 is 0. The Balaban J connectivity index is 2.66. The number of rotatable bonds is 8. The third kappa shape index (κ3) is 5.00. The van der Waals surface area contributed by atoms with E-state index in [0.717, 1.165) is 30.7 Å². The molecule has 5 nitrogen and oxygen atoms in total. The molecule has 1 unspecified atom stereocenters. The van der Waals surface area contributed by atoms with Gasteiger partial charge in [0.1, 0.15) is 5.75 Å². The van der Waals surface area contributed by atoms with E-state index in [9.17, 15) is 0 Å². The first kappa shape index (κ1) is 14.9. The van der Waals surface area contributed by atoms with Gasteiger partial charge >= 0.3 is 0 Å². The van der Waals surface area contributed by atoms with Crippen molar-refractivity contribution in [3.8, 4) is 5.75 Å². The number of hydrogen-bond acceptors (Lipinski definition) is 5. The number of nitrogens with one attached hydrogen (secondary N) is 1. The van der Waals surface area contributed by atoms with Gasteiger partial charge in [-0.2, -0.15) is 0 Å². The zero-order chi connectivity index (χ0) is 13.4. The lowest BCUT2D eigenvalue weighted by atomic mass is 10.1. The fourth-order valence-electron chi connectivity index (χ4n) is 1.66. The molecule has 1 aromatic rings. The standard InChI is InChI=1S/C13H24N4O/c1-4-7-18-12-8-11(9-15-10-12)13(16-14)5-6-17(2)3/h8-10,13,16H,4-7,14H2,1-3H3. The molecule has 0 spiro atoms. The Morgan fingerprint density at radius 3 is 2.83 bits per heavy atom. The van der Waals surface area contributed by atoms with E-state index in [1.165, 1.54) is 0 Å². The number of ether oxygens (including phenoxy) is 1. The first-order valence-electron chi connectivity index (χ1n) is 6.36. The van der Waals surface area contributed by atoms with E-state index in [1.807, 2.05) is 26.4 Å². The molecule has 0 aliphatic heterocycles. The molecule has 0 radical (unpaired) electrons. The molecule has 0 saturated heterocycles. The minimum Gasteiger partial charge on any atom is -0.492 e. The fraction of sp³-hybridized carbons (Fsp3) is 0.615. The molecular weight excluding hydrogens is 228 g/mol. The molecule has 0 fully saturated rings. The Kier molecular flexibility index (Phi) is 6.64. The van der Waals surface area contributed by atoms with Crippen molar-refractivity contribution in [2.24, 2.45) is 5.84 Å². The Morgan fingerprint density at radius 1 is 1.44 bits per heavy atom. The van der Waals surface area contributed by atoms with Crippen molar-refractivity contribution in [3.05, 3.63) is 24.0 Å². The summed E-state index contributed by atoms with van der Waals surface area (Å²) in [7, 11) is 4.10. The third-order valence-electron chi connectivity index (χ3n) is 2.68. The number of nitrogens with two attached hydrogens (primary N) is 1. The molecule has 102 valence electrons. The molecule has 1 aromatic heterocycles. The minimum atomic E-state index is 0.102. The second-order valence-electron chi connectivity index (χ2n) is 4.61. The highest BCUT2D eigenvalue weighted by Gasteiger charge is 2.11. The summed E-state index contributed by atoms with van der Waals surface area (Å²) in [4.78, 5) is 6.33. The van der Waals surface area contributed by atoms with E-state index in [2.05, 4.69) is 22.2 Å². The number of pyridine rings is 1. The van der Waals surface area contributed by atoms with Gasteiger partial charge in [-0.25, -0.2) is 0 Å². The van der Waals surface area contributed by atoms with Crippen LogP contribution in [0, 0.1) is 0 Å². The summed E-state index contributed by atoms with van der Waals surface area (Å²) in [6.07, 6.45) is 5.49. The lowest BCUT2D eigenvalue weighted by Gasteiger charge is -2.19. The minimum absolute atomic E-state index is 0.102. The highest BCUT2D eigenvalue weighted by Crippen LogP contribution is 2.20. The van der Waals surface area contributed by atoms with Crippen LogP contribution in [0.15, 0.2) is 18.5 Å². The van der Waals surface area contributed by atoms with Crippen LogP contribution in [-0.2, 0) is 0 Å². The Bertz CT molecular complexity index is 344. The maximum absolute atomic E-state index is 5.60. The first-order valence-corrected chi connectivity index (χ1v) is 6.36. The van der Waals surface area contributed by atoms with Crippen LogP contribution in [0.25, 0.3) is 0 Å². The second kappa shape index (κ2) is 8.02. The fourth-order valence-corrected chi connectivity index (χ4v) is 1.66. The number of nitrogens with zero attached hydrogens (tertiary/aromatic N) is 2. The summed E-state index contributed by atoms with van der Waals surface area (Å²) in [5.41, 5.74) is 3.90. The predicted octanol–water partition coefficient (Wildman–Crippen LogP) is 1.33. The normalized spacial score (nSPS) is 12.7. The Labute approximate surface area is 109 Å². The Hall–Kier alpha value is -1.17. The molecule has 0 aliphatic rings. The van der Waals surface area contributed by atoms with Gasteiger partial charge < -0.3 is 9.64 Å². The van der Waals surface area contributed by atoms with Gasteiger partial charge in [0.15, 0.2) is 0 Å². The highest BCUT2D eigenvalue weighted by molar-refractivity contribution is 5.26. The van der Waals surface area contributed by atoms with Crippen LogP contribution < -0.4 is 16.0 Å². The van der Waals surface area contributed by atoms with Gasteiger partial charge in [-0.15, -0.1) is 0 Å². The number of hydrogen-bond donors (Lipinski definition) is 2. The Morgan fingerprint density at radius 2 is 2.22 bits per heavy atom. The smallest absolute Gasteiger partial charge is 0.137 e. The molecule has 1 atom stereocenters. The average molecular weight is 252 g/mol. The van der Waals surface area contributed by atoms with Crippen molar-refractivity contribution in [2.75, 3.05) is 27.2 Å². The molecule has 0 saturated carbocycles. The quantitative estimate of drug-likeness (QED) is 0.540. The maximum atomic E-state index is 5.60. The van der Waals surface area contributed by atoms with Crippen molar-refractivity contribution in [2.45, 2.75) is 25.8 Å². The van der Waals surface area contributed by atoms with Gasteiger partial charge in [-0.1, -0.05) is 6.92 Å². The van der Waals surface area contributed by atoms with Gasteiger partial charge in [0.2, 0.25) is 0 Å². The van der Waals surface area contributed by atoms with E-state index in [-0.39, 0.29) is 6.04 Å². The lowest BCUT2D eigenvalue weighted by molar-refractivity contribution is 0.314. The van der Waals surface area contributed by atoms with Crippen molar-refractivity contribution in [1.82, 2.24) is 15.3 Å². The van der Waals surface area contributed by atoms with Crippen LogP contribution in [-0.4, -0.2) is 37.1 Å². The van der Waals surface area contributed by atoms with E-state index in [0.29, 0.717) is 6.61 Å². The van der Waals surface area contributed by atoms with Crippen LogP contribution in [0.1, 0.15) is 31.4 Å². The largest absolute Gasteiger partial charge is 0.492 e. The first-order chi connectivity index (χ1) is 8.67. The van der Waals surface area contributed by atoms with Crippen LogP contribution >= 0.6 is 0 Å². The van der Waals surface area contributed by atoms with Crippen molar-refractivity contribution in [3.63, 3.8) is 0 Å². The maximum Gasteiger partial charge on any atom is 0.137 e. The number of aromatic nitrogens is 1. The molecule has 1 heterocycles. The average Bonchev–Trinajstić information content (AvgIpc) is 2.37. The summed E-state index contributed by atoms with van der Waals surface area (Å²) in [6.45, 7) is 3.76. The van der Waals surface area contributed by atoms with E-state index in [1.54, 1.807) is 6.20 Å². The summed E-state index contributed by atoms with van der Waals surface area (Å²) < 4.78 is 5.57. The molecule has 0 bridgehead atoms. The van der Waals surface area contributed by atoms with Crippen molar-refractivity contribution >= 4 is 0 Å². The molecule has 0 amide bonds. The molecule has 5 heteroatoms. The van der Waals surface area contributed by atoms with Gasteiger partial charge in [-0.3, -0.25) is 16.3 Å². The van der Waals surface area contributed by atoms with Gasteiger partial charge in [-0.05, 0) is 45.1 Å². The van der Waals surface area contributed by atoms with Gasteiger partial charge in [0.05, 0.1) is 12.8 Å². The van der Waals surface area contributed by atoms with Gasteiger partial charge in [0, 0.05) is 12.2 Å². The van der Waals surface area contributed by atoms with Crippen LogP contribution in [0.3, 0.4) is 0 Å². The summed E-state index contributed by atoms with van der Waals surface area (Å²) in [5.74, 6) is 6.41. The van der Waals surface area contributed by atoms with Crippen molar-refractivity contribution in [1.29, 1.82) is 0 Å². The lowest BCUT2D eigenvalue weighted by Crippen LogP contribution is -2.30. The highest BCUT2D eigenvalue weighted by atomic mass is 16.5. The monoisotopic (exact) mass is 252 g/mol. The molecule has 18 heavy (non-hydrogen) atoms. The third-order valence-corrected chi connectivity index (χ3v) is 2.68. The van der Waals surface area contributed by atoms with Crippen LogP contribution in [0.2, 0.25) is 0 Å². The summed E-state index contributed by atoms with van der Waals surface area (Å²) in [6, 6.07) is 2.10. The topological polar surface area (TPSA) is 63.4 Å². The molecule has 0 aliphatic carbocycles. The van der Waals surface area contributed by atoms with Crippen LogP contribution in [0.5, 0.6) is 5.75 Å². The molecule has 3 N–H and O–H groups in total. The van der Waals surface area contributed by atoms with Crippen LogP contribution in [0.4, 0.5) is 0 Å². The summed E-state index contributed by atoms with van der Waals surface area (Å²) in [5, 5.41) is 0. The zero-order valence-corrected chi connectivity index (χ0v) is 11.5. The zero-order valence-electron chi connectivity index (χ0n) is 11.5. The number of hydrazine groups is 1. The van der Waals surface area contributed by atoms with E-state index < -0.39 is 0 Å². The predicted molar refractivity (Wildman–Crippen MR) is 73.3 cm³/mol. The molecule has 0 aromatic carbocycles. The van der Waals surface area contributed by atoms with Gasteiger partial charge in [0.25, 0.3) is 0 Å². The molecular formula is C13H24N4O.